The van der Waals surface area contributed by atoms with Gasteiger partial charge in [-0.1, -0.05) is 0 Å². The van der Waals surface area contributed by atoms with Crippen LogP contribution in [0.15, 0.2) is 36.7 Å². The molecule has 0 unspecified atom stereocenters. The van der Waals surface area contributed by atoms with E-state index < -0.39 is 0 Å². The van der Waals surface area contributed by atoms with E-state index >= 15 is 0 Å². The highest BCUT2D eigenvalue weighted by molar-refractivity contribution is 5.55. The maximum absolute atomic E-state index is 5.65. The van der Waals surface area contributed by atoms with E-state index in [1.807, 2.05) is 30.6 Å². The zero-order chi connectivity index (χ0) is 12.2. The first-order valence-electron chi connectivity index (χ1n) is 6.17. The molecule has 4 heteroatoms. The molecule has 18 heavy (non-hydrogen) atoms. The van der Waals surface area contributed by atoms with Crippen LogP contribution in [0.1, 0.15) is 12.0 Å². The molecule has 0 spiro atoms. The molecule has 4 nitrogen and oxygen atoms in total. The fourth-order valence-corrected chi connectivity index (χ4v) is 1.95. The molecule has 0 radical (unpaired) electrons. The lowest BCUT2D eigenvalue weighted by atomic mass is 10.2. The summed E-state index contributed by atoms with van der Waals surface area (Å²) in [6.07, 6.45) is 4.84. The number of fused-ring (bicyclic) bond motifs is 1. The minimum absolute atomic E-state index is 0.717. The van der Waals surface area contributed by atoms with Gasteiger partial charge in [0.15, 0.2) is 11.5 Å². The fraction of sp³-hybridized carbons (Fsp3) is 0.286. The Kier molecular flexibility index (Phi) is 3.08. The van der Waals surface area contributed by atoms with Gasteiger partial charge < -0.3 is 19.8 Å². The maximum Gasteiger partial charge on any atom is 0.163 e. The molecule has 0 saturated heterocycles. The number of rotatable bonds is 3. The summed E-state index contributed by atoms with van der Waals surface area (Å²) in [5.74, 6) is 1.66. The Morgan fingerprint density at radius 1 is 1.11 bits per heavy atom. The Hall–Kier alpha value is -2.10. The Balaban J connectivity index is 1.71. The molecule has 1 aliphatic heterocycles. The van der Waals surface area contributed by atoms with Gasteiger partial charge in [-0.05, 0) is 23.8 Å². The van der Waals surface area contributed by atoms with Crippen molar-refractivity contribution < 1.29 is 9.47 Å². The van der Waals surface area contributed by atoms with E-state index in [4.69, 9.17) is 9.47 Å². The molecular formula is C14H16N2O2. The van der Waals surface area contributed by atoms with Gasteiger partial charge in [-0.25, -0.2) is 0 Å². The van der Waals surface area contributed by atoms with Gasteiger partial charge in [-0.2, -0.15) is 0 Å². The van der Waals surface area contributed by atoms with Crippen LogP contribution in [0.3, 0.4) is 0 Å². The highest BCUT2D eigenvalue weighted by Gasteiger charge is 2.10. The van der Waals surface area contributed by atoms with E-state index in [0.717, 1.165) is 36.8 Å². The summed E-state index contributed by atoms with van der Waals surface area (Å²) in [6.45, 7) is 2.24. The van der Waals surface area contributed by atoms with Crippen molar-refractivity contribution in [3.8, 4) is 11.5 Å². The molecule has 1 aromatic heterocycles. The summed E-state index contributed by atoms with van der Waals surface area (Å²) in [6, 6.07) is 8.02. The SMILES string of the molecule is c1cc(CNc2ccc3c(c2)OCCCO3)c[nH]1. The van der Waals surface area contributed by atoms with Gasteiger partial charge in [0.1, 0.15) is 0 Å². The van der Waals surface area contributed by atoms with Crippen molar-refractivity contribution in [3.05, 3.63) is 42.2 Å². The van der Waals surface area contributed by atoms with Gasteiger partial charge >= 0.3 is 0 Å². The Morgan fingerprint density at radius 2 is 2.00 bits per heavy atom. The van der Waals surface area contributed by atoms with Crippen LogP contribution in [-0.2, 0) is 6.54 Å². The van der Waals surface area contributed by atoms with Crippen molar-refractivity contribution in [2.24, 2.45) is 0 Å². The lowest BCUT2D eigenvalue weighted by Crippen LogP contribution is -1.99. The lowest BCUT2D eigenvalue weighted by Gasteiger charge is -2.10. The van der Waals surface area contributed by atoms with Gasteiger partial charge in [0.2, 0.25) is 0 Å². The van der Waals surface area contributed by atoms with Crippen LogP contribution in [-0.4, -0.2) is 18.2 Å². The largest absolute Gasteiger partial charge is 0.490 e. The van der Waals surface area contributed by atoms with Crippen LogP contribution in [0.5, 0.6) is 11.5 Å². The molecule has 0 atom stereocenters. The zero-order valence-electron chi connectivity index (χ0n) is 10.1. The van der Waals surface area contributed by atoms with Gasteiger partial charge in [0.05, 0.1) is 13.2 Å². The highest BCUT2D eigenvalue weighted by atomic mass is 16.5. The first-order chi connectivity index (χ1) is 8.92. The molecule has 0 bridgehead atoms. The molecule has 94 valence electrons. The molecule has 0 saturated carbocycles. The molecule has 1 aliphatic rings. The predicted molar refractivity (Wildman–Crippen MR) is 70.2 cm³/mol. The van der Waals surface area contributed by atoms with Gasteiger partial charge in [-0.15, -0.1) is 0 Å². The fourth-order valence-electron chi connectivity index (χ4n) is 1.95. The normalized spacial score (nSPS) is 14.0. The van der Waals surface area contributed by atoms with Crippen molar-refractivity contribution in [2.45, 2.75) is 13.0 Å². The monoisotopic (exact) mass is 244 g/mol. The molecule has 1 aromatic carbocycles. The number of aromatic amines is 1. The third kappa shape index (κ3) is 2.42. The van der Waals surface area contributed by atoms with Crippen LogP contribution < -0.4 is 14.8 Å². The van der Waals surface area contributed by atoms with Gasteiger partial charge in [0.25, 0.3) is 0 Å². The van der Waals surface area contributed by atoms with Crippen LogP contribution in [0, 0.1) is 0 Å². The Morgan fingerprint density at radius 3 is 2.83 bits per heavy atom. The average molecular weight is 244 g/mol. The van der Waals surface area contributed by atoms with Crippen molar-refractivity contribution >= 4 is 5.69 Å². The maximum atomic E-state index is 5.65. The Labute approximate surface area is 106 Å². The second-order valence-corrected chi connectivity index (χ2v) is 4.28. The molecule has 3 rings (SSSR count). The van der Waals surface area contributed by atoms with Crippen molar-refractivity contribution in [2.75, 3.05) is 18.5 Å². The number of nitrogens with one attached hydrogen (secondary N) is 2. The van der Waals surface area contributed by atoms with Crippen molar-refractivity contribution in [3.63, 3.8) is 0 Å². The average Bonchev–Trinajstić information content (AvgIpc) is 2.80. The summed E-state index contributed by atoms with van der Waals surface area (Å²) in [5.41, 5.74) is 2.27. The molecule has 2 aromatic rings. The summed E-state index contributed by atoms with van der Waals surface area (Å²) >= 11 is 0. The number of hydrogen-bond acceptors (Lipinski definition) is 3. The van der Waals surface area contributed by atoms with E-state index in [2.05, 4.69) is 16.4 Å². The third-order valence-corrected chi connectivity index (χ3v) is 2.91. The van der Waals surface area contributed by atoms with E-state index in [9.17, 15) is 0 Å². The quantitative estimate of drug-likeness (QED) is 0.872. The number of hydrogen-bond donors (Lipinski definition) is 2. The molecular weight excluding hydrogens is 228 g/mol. The topological polar surface area (TPSA) is 46.3 Å². The number of H-pyrrole nitrogens is 1. The van der Waals surface area contributed by atoms with Crippen LogP contribution in [0.2, 0.25) is 0 Å². The summed E-state index contributed by atoms with van der Waals surface area (Å²) in [5, 5.41) is 3.36. The second-order valence-electron chi connectivity index (χ2n) is 4.28. The molecule has 2 heterocycles. The Bertz CT molecular complexity index is 509. The van der Waals surface area contributed by atoms with Crippen LogP contribution in [0.4, 0.5) is 5.69 Å². The van der Waals surface area contributed by atoms with E-state index in [1.54, 1.807) is 0 Å². The van der Waals surface area contributed by atoms with E-state index in [-0.39, 0.29) is 0 Å². The number of anilines is 1. The van der Waals surface area contributed by atoms with Gasteiger partial charge in [0, 0.05) is 37.1 Å². The standard InChI is InChI=1S/C14H16N2O2/c1-6-17-13-3-2-12(8-14(13)18-7-1)16-10-11-4-5-15-9-11/h2-5,8-9,15-16H,1,6-7,10H2. The minimum Gasteiger partial charge on any atom is -0.490 e. The van der Waals surface area contributed by atoms with Gasteiger partial charge in [-0.3, -0.25) is 0 Å². The highest BCUT2D eigenvalue weighted by Crippen LogP contribution is 2.32. The summed E-state index contributed by atoms with van der Waals surface area (Å²) < 4.78 is 11.3. The van der Waals surface area contributed by atoms with Crippen LogP contribution >= 0.6 is 0 Å². The molecule has 2 N–H and O–H groups in total. The number of benzene rings is 1. The van der Waals surface area contributed by atoms with Crippen molar-refractivity contribution in [1.82, 2.24) is 4.98 Å². The minimum atomic E-state index is 0.717. The number of ether oxygens (including phenoxy) is 2. The van der Waals surface area contributed by atoms with E-state index in [0.29, 0.717) is 6.61 Å². The molecule has 0 fully saturated rings. The van der Waals surface area contributed by atoms with Crippen molar-refractivity contribution in [1.29, 1.82) is 0 Å². The molecule has 0 amide bonds. The first-order valence-corrected chi connectivity index (χ1v) is 6.17. The second kappa shape index (κ2) is 5.04. The summed E-state index contributed by atoms with van der Waals surface area (Å²) in [4.78, 5) is 3.04. The smallest absolute Gasteiger partial charge is 0.163 e. The third-order valence-electron chi connectivity index (χ3n) is 2.91. The summed E-state index contributed by atoms with van der Waals surface area (Å²) in [7, 11) is 0. The van der Waals surface area contributed by atoms with E-state index in [1.165, 1.54) is 5.56 Å². The number of aromatic nitrogens is 1. The lowest BCUT2D eigenvalue weighted by molar-refractivity contribution is 0.297. The zero-order valence-corrected chi connectivity index (χ0v) is 10.1. The predicted octanol–water partition coefficient (Wildman–Crippen LogP) is 2.79. The first kappa shape index (κ1) is 11.0. The van der Waals surface area contributed by atoms with Crippen LogP contribution in [0.25, 0.3) is 0 Å². The molecule has 0 aliphatic carbocycles.